The Hall–Kier alpha value is -2.00. The van der Waals surface area contributed by atoms with Gasteiger partial charge in [-0.25, -0.2) is 4.39 Å². The van der Waals surface area contributed by atoms with Crippen molar-refractivity contribution in [2.45, 2.75) is 0 Å². The third-order valence-electron chi connectivity index (χ3n) is 2.81. The van der Waals surface area contributed by atoms with E-state index in [1.807, 2.05) is 12.1 Å². The van der Waals surface area contributed by atoms with Crippen molar-refractivity contribution in [1.82, 2.24) is 0 Å². The Bertz CT molecular complexity index is 736. The van der Waals surface area contributed by atoms with E-state index in [1.165, 1.54) is 6.07 Å². The molecule has 0 amide bonds. The summed E-state index contributed by atoms with van der Waals surface area (Å²) >= 11 is 6.03. The Kier molecular flexibility index (Phi) is 2.49. The molecule has 3 aromatic rings. The first-order valence-corrected chi connectivity index (χ1v) is 5.77. The van der Waals surface area contributed by atoms with Crippen molar-refractivity contribution in [3.05, 3.63) is 53.3 Å². The lowest BCUT2D eigenvalue weighted by molar-refractivity contribution is 0.622. The highest BCUT2D eigenvalue weighted by Crippen LogP contribution is 2.35. The molecule has 0 saturated carbocycles. The first-order chi connectivity index (χ1) is 8.66. The summed E-state index contributed by atoms with van der Waals surface area (Å²) in [7, 11) is 0. The van der Waals surface area contributed by atoms with Crippen molar-refractivity contribution in [3.63, 3.8) is 0 Å². The summed E-state index contributed by atoms with van der Waals surface area (Å²) in [5, 5.41) is 1.38. The Labute approximate surface area is 108 Å². The molecule has 0 aliphatic rings. The van der Waals surface area contributed by atoms with Crippen LogP contribution in [0.15, 0.2) is 46.9 Å². The molecule has 0 radical (unpaired) electrons. The van der Waals surface area contributed by atoms with Gasteiger partial charge in [0.25, 0.3) is 0 Å². The quantitative estimate of drug-likeness (QED) is 0.656. The zero-order valence-electron chi connectivity index (χ0n) is 9.28. The van der Waals surface area contributed by atoms with Gasteiger partial charge in [-0.15, -0.1) is 0 Å². The van der Waals surface area contributed by atoms with E-state index in [0.717, 1.165) is 5.39 Å². The van der Waals surface area contributed by atoms with Gasteiger partial charge in [0, 0.05) is 10.9 Å². The molecule has 2 nitrogen and oxygen atoms in total. The minimum atomic E-state index is -0.459. The number of halogens is 2. The van der Waals surface area contributed by atoms with Crippen molar-refractivity contribution >= 4 is 28.3 Å². The van der Waals surface area contributed by atoms with Crippen molar-refractivity contribution in [2.24, 2.45) is 0 Å². The van der Waals surface area contributed by atoms with Crippen LogP contribution >= 0.6 is 11.6 Å². The van der Waals surface area contributed by atoms with Gasteiger partial charge in [-0.3, -0.25) is 0 Å². The molecule has 0 aliphatic heterocycles. The van der Waals surface area contributed by atoms with Crippen LogP contribution in [0, 0.1) is 5.82 Å². The summed E-state index contributed by atoms with van der Waals surface area (Å²) in [6.45, 7) is 0. The van der Waals surface area contributed by atoms with Crippen LogP contribution < -0.4 is 5.73 Å². The van der Waals surface area contributed by atoms with Crippen LogP contribution in [0.25, 0.3) is 22.3 Å². The molecule has 4 heteroatoms. The van der Waals surface area contributed by atoms with Gasteiger partial charge in [-0.05, 0) is 24.3 Å². The third-order valence-corrected chi connectivity index (χ3v) is 3.11. The Morgan fingerprint density at radius 1 is 1.11 bits per heavy atom. The average molecular weight is 262 g/mol. The number of furan rings is 1. The predicted molar refractivity (Wildman–Crippen MR) is 71.0 cm³/mol. The molecule has 0 aliphatic carbocycles. The van der Waals surface area contributed by atoms with Crippen molar-refractivity contribution < 1.29 is 8.81 Å². The van der Waals surface area contributed by atoms with E-state index in [1.54, 1.807) is 24.3 Å². The van der Waals surface area contributed by atoms with Gasteiger partial charge in [-0.1, -0.05) is 29.8 Å². The summed E-state index contributed by atoms with van der Waals surface area (Å²) in [6.07, 6.45) is 0. The van der Waals surface area contributed by atoms with E-state index in [2.05, 4.69) is 0 Å². The lowest BCUT2D eigenvalue weighted by Gasteiger charge is -2.02. The van der Waals surface area contributed by atoms with Gasteiger partial charge in [0.05, 0.1) is 10.7 Å². The normalized spacial score (nSPS) is 11.0. The maximum Gasteiger partial charge on any atom is 0.153 e. The van der Waals surface area contributed by atoms with Gasteiger partial charge >= 0.3 is 0 Å². The molecule has 1 heterocycles. The number of hydrogen-bond donors (Lipinski definition) is 1. The number of fused-ring (bicyclic) bond motifs is 1. The van der Waals surface area contributed by atoms with E-state index in [9.17, 15) is 4.39 Å². The van der Waals surface area contributed by atoms with E-state index in [0.29, 0.717) is 21.9 Å². The van der Waals surface area contributed by atoms with E-state index in [-0.39, 0.29) is 5.69 Å². The summed E-state index contributed by atoms with van der Waals surface area (Å²) in [4.78, 5) is 0. The first kappa shape index (κ1) is 11.1. The molecular formula is C14H9ClFNO. The summed E-state index contributed by atoms with van der Waals surface area (Å²) in [6, 6.07) is 11.9. The second-order valence-corrected chi connectivity index (χ2v) is 4.38. The van der Waals surface area contributed by atoms with Gasteiger partial charge in [0.1, 0.15) is 11.6 Å². The predicted octanol–water partition coefficient (Wildman–Crippen LogP) is 4.47. The summed E-state index contributed by atoms with van der Waals surface area (Å²) < 4.78 is 19.0. The van der Waals surface area contributed by atoms with Gasteiger partial charge in [0.2, 0.25) is 0 Å². The van der Waals surface area contributed by atoms with E-state index < -0.39 is 5.82 Å². The van der Waals surface area contributed by atoms with Crippen LogP contribution in [0.1, 0.15) is 0 Å². The molecule has 0 atom stereocenters. The molecule has 0 fully saturated rings. The number of hydrogen-bond acceptors (Lipinski definition) is 2. The Morgan fingerprint density at radius 2 is 1.89 bits per heavy atom. The molecule has 3 rings (SSSR count). The van der Waals surface area contributed by atoms with Crippen LogP contribution in [0.3, 0.4) is 0 Å². The average Bonchev–Trinajstić information content (AvgIpc) is 2.78. The lowest BCUT2D eigenvalue weighted by atomic mass is 10.1. The number of nitrogen functional groups attached to an aromatic ring is 1. The van der Waals surface area contributed by atoms with Crippen LogP contribution in [0.2, 0.25) is 5.02 Å². The Balaban J connectivity index is 2.26. The molecule has 0 saturated heterocycles. The number of rotatable bonds is 1. The zero-order valence-corrected chi connectivity index (χ0v) is 10.0. The summed E-state index contributed by atoms with van der Waals surface area (Å²) in [5.74, 6) is 0.0501. The maximum absolute atomic E-state index is 13.4. The first-order valence-electron chi connectivity index (χ1n) is 5.39. The molecule has 1 aromatic heterocycles. The van der Waals surface area contributed by atoms with Gasteiger partial charge in [0.15, 0.2) is 5.58 Å². The van der Waals surface area contributed by atoms with Gasteiger partial charge < -0.3 is 10.2 Å². The molecule has 0 spiro atoms. The smallest absolute Gasteiger partial charge is 0.153 e. The number of anilines is 1. The van der Waals surface area contributed by atoms with Gasteiger partial charge in [-0.2, -0.15) is 0 Å². The highest BCUT2D eigenvalue weighted by molar-refractivity contribution is 6.34. The molecule has 90 valence electrons. The minimum Gasteiger partial charge on any atom is -0.454 e. The van der Waals surface area contributed by atoms with Crippen molar-refractivity contribution in [3.8, 4) is 11.3 Å². The molecule has 0 unspecified atom stereocenters. The van der Waals surface area contributed by atoms with Crippen molar-refractivity contribution in [2.75, 3.05) is 5.73 Å². The third kappa shape index (κ3) is 1.64. The number of para-hydroxylation sites is 2. The standard InChI is InChI=1S/C14H9ClFNO/c15-10-5-1-3-8-7-12(18-14(8)10)9-4-2-6-11(16)13(9)17/h1-7H,17H2. The SMILES string of the molecule is Nc1c(F)cccc1-c1cc2cccc(Cl)c2o1. The topological polar surface area (TPSA) is 39.2 Å². The van der Waals surface area contributed by atoms with Crippen LogP contribution in [-0.2, 0) is 0 Å². The molecule has 18 heavy (non-hydrogen) atoms. The Morgan fingerprint density at radius 3 is 2.67 bits per heavy atom. The van der Waals surface area contributed by atoms with Crippen molar-refractivity contribution in [1.29, 1.82) is 0 Å². The largest absolute Gasteiger partial charge is 0.454 e. The summed E-state index contributed by atoms with van der Waals surface area (Å²) in [5.41, 5.74) is 6.89. The fraction of sp³-hybridized carbons (Fsp3) is 0. The maximum atomic E-state index is 13.4. The zero-order chi connectivity index (χ0) is 12.7. The van der Waals surface area contributed by atoms with Crippen LogP contribution in [0.4, 0.5) is 10.1 Å². The van der Waals surface area contributed by atoms with E-state index >= 15 is 0 Å². The fourth-order valence-electron chi connectivity index (χ4n) is 1.91. The fourth-order valence-corrected chi connectivity index (χ4v) is 2.13. The number of benzene rings is 2. The minimum absolute atomic E-state index is 0.0766. The highest BCUT2D eigenvalue weighted by Gasteiger charge is 2.12. The monoisotopic (exact) mass is 261 g/mol. The van der Waals surface area contributed by atoms with Crippen LogP contribution in [0.5, 0.6) is 0 Å². The molecule has 0 bridgehead atoms. The molecular weight excluding hydrogens is 253 g/mol. The van der Waals surface area contributed by atoms with E-state index in [4.69, 9.17) is 21.8 Å². The lowest BCUT2D eigenvalue weighted by Crippen LogP contribution is -1.92. The highest BCUT2D eigenvalue weighted by atomic mass is 35.5. The van der Waals surface area contributed by atoms with Crippen LogP contribution in [-0.4, -0.2) is 0 Å². The second-order valence-electron chi connectivity index (χ2n) is 3.97. The molecule has 2 aromatic carbocycles. The number of nitrogens with two attached hydrogens (primary N) is 1. The molecule has 2 N–H and O–H groups in total. The second kappa shape index (κ2) is 4.03.